The summed E-state index contributed by atoms with van der Waals surface area (Å²) < 4.78 is 0. The number of thioether (sulfide) groups is 1. The standard InChI is InChI=1S/C16H22N4O2S.ClH/c1-11-15(21)19-13-10-12(2-3-14(13)23-11)16(22)18-6-9-20-7-4-17-5-8-20;/h2-3,10-11,17H,4-9H2,1H3,(H,18,22)(H,19,21);1H. The van der Waals surface area contributed by atoms with Crippen LogP contribution in [0.4, 0.5) is 5.69 Å². The number of rotatable bonds is 4. The molecule has 1 unspecified atom stereocenters. The molecular formula is C16H23ClN4O2S. The first-order chi connectivity index (χ1) is 11.1. The van der Waals surface area contributed by atoms with E-state index in [1.54, 1.807) is 6.07 Å². The maximum Gasteiger partial charge on any atom is 0.251 e. The highest BCUT2D eigenvalue weighted by Crippen LogP contribution is 2.35. The van der Waals surface area contributed by atoms with Gasteiger partial charge in [0.05, 0.1) is 10.9 Å². The molecule has 0 spiro atoms. The third-order valence-electron chi connectivity index (χ3n) is 4.10. The van der Waals surface area contributed by atoms with E-state index in [-0.39, 0.29) is 29.5 Å². The van der Waals surface area contributed by atoms with Crippen LogP contribution >= 0.6 is 24.2 Å². The summed E-state index contributed by atoms with van der Waals surface area (Å²) in [7, 11) is 0. The highest BCUT2D eigenvalue weighted by Gasteiger charge is 2.23. The molecule has 2 heterocycles. The first-order valence-corrected chi connectivity index (χ1v) is 8.84. The van der Waals surface area contributed by atoms with E-state index in [4.69, 9.17) is 0 Å². The Kier molecular flexibility index (Phi) is 6.91. The number of hydrogen-bond donors (Lipinski definition) is 3. The molecule has 0 aromatic heterocycles. The fourth-order valence-corrected chi connectivity index (χ4v) is 3.64. The van der Waals surface area contributed by atoms with Gasteiger partial charge in [0.2, 0.25) is 5.91 Å². The summed E-state index contributed by atoms with van der Waals surface area (Å²) in [5.41, 5.74) is 1.31. The van der Waals surface area contributed by atoms with Crippen LogP contribution in [-0.4, -0.2) is 61.2 Å². The lowest BCUT2D eigenvalue weighted by Gasteiger charge is -2.27. The average Bonchev–Trinajstić information content (AvgIpc) is 2.56. The normalized spacial score (nSPS) is 20.5. The number of fused-ring (bicyclic) bond motifs is 1. The van der Waals surface area contributed by atoms with Gasteiger partial charge in [-0.15, -0.1) is 24.2 Å². The summed E-state index contributed by atoms with van der Waals surface area (Å²) >= 11 is 1.52. The van der Waals surface area contributed by atoms with E-state index >= 15 is 0 Å². The summed E-state index contributed by atoms with van der Waals surface area (Å²) in [6, 6.07) is 5.48. The van der Waals surface area contributed by atoms with Crippen molar-refractivity contribution in [3.8, 4) is 0 Å². The minimum Gasteiger partial charge on any atom is -0.351 e. The van der Waals surface area contributed by atoms with Gasteiger partial charge in [-0.3, -0.25) is 14.5 Å². The predicted octanol–water partition coefficient (Wildman–Crippen LogP) is 1.18. The number of carbonyl (C=O) groups excluding carboxylic acids is 2. The monoisotopic (exact) mass is 370 g/mol. The first kappa shape index (κ1) is 19.1. The van der Waals surface area contributed by atoms with Crippen LogP contribution in [0.25, 0.3) is 0 Å². The maximum atomic E-state index is 12.3. The largest absolute Gasteiger partial charge is 0.351 e. The Morgan fingerprint density at radius 3 is 2.88 bits per heavy atom. The molecule has 3 N–H and O–H groups in total. The van der Waals surface area contributed by atoms with E-state index in [2.05, 4.69) is 20.9 Å². The molecular weight excluding hydrogens is 348 g/mol. The van der Waals surface area contributed by atoms with E-state index in [1.807, 2.05) is 19.1 Å². The number of nitrogens with zero attached hydrogens (tertiary/aromatic N) is 1. The van der Waals surface area contributed by atoms with E-state index in [0.717, 1.165) is 43.3 Å². The second-order valence-corrected chi connectivity index (χ2v) is 7.19. The van der Waals surface area contributed by atoms with Gasteiger partial charge in [-0.05, 0) is 25.1 Å². The van der Waals surface area contributed by atoms with Crippen molar-refractivity contribution in [3.63, 3.8) is 0 Å². The molecule has 6 nitrogen and oxygen atoms in total. The van der Waals surface area contributed by atoms with Crippen molar-refractivity contribution in [1.82, 2.24) is 15.5 Å². The number of piperazine rings is 1. The van der Waals surface area contributed by atoms with E-state index in [1.165, 1.54) is 11.8 Å². The van der Waals surface area contributed by atoms with Crippen LogP contribution in [0, 0.1) is 0 Å². The van der Waals surface area contributed by atoms with Gasteiger partial charge in [-0.25, -0.2) is 0 Å². The topological polar surface area (TPSA) is 73.5 Å². The molecule has 0 radical (unpaired) electrons. The SMILES string of the molecule is CC1Sc2ccc(C(=O)NCCN3CCNCC3)cc2NC1=O.Cl. The van der Waals surface area contributed by atoms with E-state index < -0.39 is 0 Å². The Hall–Kier alpha value is -1.28. The minimum atomic E-state index is -0.0965. The molecule has 2 amide bonds. The second-order valence-electron chi connectivity index (χ2n) is 5.81. The van der Waals surface area contributed by atoms with Crippen LogP contribution < -0.4 is 16.0 Å². The number of anilines is 1. The molecule has 0 aliphatic carbocycles. The van der Waals surface area contributed by atoms with Crippen molar-refractivity contribution >= 4 is 41.7 Å². The van der Waals surface area contributed by atoms with Crippen molar-refractivity contribution < 1.29 is 9.59 Å². The average molecular weight is 371 g/mol. The molecule has 132 valence electrons. The number of carbonyl (C=O) groups is 2. The van der Waals surface area contributed by atoms with Gasteiger partial charge in [0.15, 0.2) is 0 Å². The van der Waals surface area contributed by atoms with Gasteiger partial charge >= 0.3 is 0 Å². The second kappa shape index (κ2) is 8.71. The van der Waals surface area contributed by atoms with Crippen LogP contribution in [0.5, 0.6) is 0 Å². The molecule has 24 heavy (non-hydrogen) atoms. The van der Waals surface area contributed by atoms with Gasteiger partial charge in [-0.1, -0.05) is 0 Å². The number of halogens is 1. The lowest BCUT2D eigenvalue weighted by atomic mass is 10.1. The zero-order valence-electron chi connectivity index (χ0n) is 13.6. The van der Waals surface area contributed by atoms with Crippen molar-refractivity contribution in [2.75, 3.05) is 44.6 Å². The molecule has 1 atom stereocenters. The van der Waals surface area contributed by atoms with Crippen LogP contribution in [0.3, 0.4) is 0 Å². The van der Waals surface area contributed by atoms with Gasteiger partial charge < -0.3 is 16.0 Å². The Balaban J connectivity index is 0.00000208. The van der Waals surface area contributed by atoms with E-state index in [9.17, 15) is 9.59 Å². The summed E-state index contributed by atoms with van der Waals surface area (Å²) in [5.74, 6) is -0.112. The molecule has 2 aliphatic heterocycles. The van der Waals surface area contributed by atoms with Crippen LogP contribution in [0.15, 0.2) is 23.1 Å². The zero-order valence-corrected chi connectivity index (χ0v) is 15.3. The molecule has 8 heteroatoms. The summed E-state index contributed by atoms with van der Waals surface area (Å²) in [6.45, 7) is 7.44. The third-order valence-corrected chi connectivity index (χ3v) is 5.27. The molecule has 1 aromatic carbocycles. The van der Waals surface area contributed by atoms with Gasteiger partial charge in [0, 0.05) is 49.7 Å². The lowest BCUT2D eigenvalue weighted by molar-refractivity contribution is -0.115. The maximum absolute atomic E-state index is 12.3. The molecule has 1 saturated heterocycles. The smallest absolute Gasteiger partial charge is 0.251 e. The van der Waals surface area contributed by atoms with Crippen LogP contribution in [0.1, 0.15) is 17.3 Å². The van der Waals surface area contributed by atoms with Crippen LogP contribution in [0.2, 0.25) is 0 Å². The number of amides is 2. The highest BCUT2D eigenvalue weighted by atomic mass is 35.5. The Morgan fingerprint density at radius 1 is 1.38 bits per heavy atom. The summed E-state index contributed by atoms with van der Waals surface area (Å²) in [6.07, 6.45) is 0. The third kappa shape index (κ3) is 4.63. The quantitative estimate of drug-likeness (QED) is 0.742. The minimum absolute atomic E-state index is 0. The molecule has 0 saturated carbocycles. The zero-order chi connectivity index (χ0) is 16.2. The molecule has 1 fully saturated rings. The fourth-order valence-electron chi connectivity index (χ4n) is 2.71. The molecule has 1 aromatic rings. The number of nitrogens with one attached hydrogen (secondary N) is 3. The van der Waals surface area contributed by atoms with Gasteiger partial charge in [0.25, 0.3) is 5.91 Å². The number of hydrogen-bond acceptors (Lipinski definition) is 5. The Labute approximate surface area is 152 Å². The lowest BCUT2D eigenvalue weighted by Crippen LogP contribution is -2.46. The van der Waals surface area contributed by atoms with Gasteiger partial charge in [-0.2, -0.15) is 0 Å². The molecule has 2 aliphatic rings. The van der Waals surface area contributed by atoms with Crippen molar-refractivity contribution in [2.45, 2.75) is 17.1 Å². The molecule has 0 bridgehead atoms. The van der Waals surface area contributed by atoms with Crippen molar-refractivity contribution in [3.05, 3.63) is 23.8 Å². The van der Waals surface area contributed by atoms with Crippen molar-refractivity contribution in [1.29, 1.82) is 0 Å². The van der Waals surface area contributed by atoms with Crippen molar-refractivity contribution in [2.24, 2.45) is 0 Å². The Morgan fingerprint density at radius 2 is 2.12 bits per heavy atom. The molecule has 3 rings (SSSR count). The van der Waals surface area contributed by atoms with E-state index in [0.29, 0.717) is 12.1 Å². The summed E-state index contributed by atoms with van der Waals surface area (Å²) in [5, 5.41) is 9.02. The number of benzene rings is 1. The fraction of sp³-hybridized carbons (Fsp3) is 0.500. The summed E-state index contributed by atoms with van der Waals surface area (Å²) in [4.78, 5) is 27.3. The first-order valence-electron chi connectivity index (χ1n) is 7.96. The van der Waals surface area contributed by atoms with Crippen LogP contribution in [-0.2, 0) is 4.79 Å². The highest BCUT2D eigenvalue weighted by molar-refractivity contribution is 8.00. The Bertz CT molecular complexity index is 608. The van der Waals surface area contributed by atoms with Gasteiger partial charge in [0.1, 0.15) is 0 Å². The predicted molar refractivity (Wildman–Crippen MR) is 99.3 cm³/mol.